The van der Waals surface area contributed by atoms with Gasteiger partial charge in [0.15, 0.2) is 6.10 Å². The zero-order valence-corrected chi connectivity index (χ0v) is 16.9. The lowest BCUT2D eigenvalue weighted by Gasteiger charge is -2.19. The van der Waals surface area contributed by atoms with E-state index in [2.05, 4.69) is 5.32 Å². The second kappa shape index (κ2) is 11.0. The number of benzene rings is 2. The van der Waals surface area contributed by atoms with Crippen molar-refractivity contribution in [2.45, 2.75) is 19.6 Å². The van der Waals surface area contributed by atoms with E-state index in [1.165, 1.54) is 25.0 Å². The molecule has 0 saturated heterocycles. The van der Waals surface area contributed by atoms with Crippen LogP contribution < -0.4 is 5.32 Å². The van der Waals surface area contributed by atoms with Crippen molar-refractivity contribution >= 4 is 17.8 Å². The number of hydrogen-bond acceptors (Lipinski definition) is 5. The number of rotatable bonds is 9. The van der Waals surface area contributed by atoms with Crippen LogP contribution in [0.25, 0.3) is 0 Å². The predicted octanol–water partition coefficient (Wildman–Crippen LogP) is 2.27. The topological polar surface area (TPSA) is 84.9 Å². The molecule has 2 amide bonds. The van der Waals surface area contributed by atoms with Gasteiger partial charge in [0.1, 0.15) is 0 Å². The number of carbonyl (C=O) groups excluding carboxylic acids is 3. The van der Waals surface area contributed by atoms with Crippen LogP contribution in [0.15, 0.2) is 54.6 Å². The Kier molecular flexibility index (Phi) is 8.36. The van der Waals surface area contributed by atoms with Gasteiger partial charge < -0.3 is 19.7 Å². The van der Waals surface area contributed by atoms with Gasteiger partial charge in [-0.1, -0.05) is 42.5 Å². The van der Waals surface area contributed by atoms with E-state index in [0.717, 1.165) is 5.56 Å². The molecule has 29 heavy (non-hydrogen) atoms. The number of esters is 1. The maximum atomic E-state index is 12.9. The van der Waals surface area contributed by atoms with Gasteiger partial charge in [-0.05, 0) is 24.6 Å². The summed E-state index contributed by atoms with van der Waals surface area (Å²) in [6, 6.07) is 16.0. The van der Waals surface area contributed by atoms with E-state index in [9.17, 15) is 14.4 Å². The van der Waals surface area contributed by atoms with E-state index in [4.69, 9.17) is 9.47 Å². The van der Waals surface area contributed by atoms with E-state index in [0.29, 0.717) is 19.7 Å². The molecule has 1 N–H and O–H groups in total. The van der Waals surface area contributed by atoms with Gasteiger partial charge in [-0.2, -0.15) is 0 Å². The number of carbonyl (C=O) groups is 3. The lowest BCUT2D eigenvalue weighted by Crippen LogP contribution is -2.37. The Hall–Kier alpha value is -3.19. The first-order valence-corrected chi connectivity index (χ1v) is 9.30. The lowest BCUT2D eigenvalue weighted by atomic mass is 10.1. The summed E-state index contributed by atoms with van der Waals surface area (Å²) in [6.45, 7) is 2.56. The highest BCUT2D eigenvalue weighted by Crippen LogP contribution is 2.15. The fourth-order valence-corrected chi connectivity index (χ4v) is 2.68. The van der Waals surface area contributed by atoms with Crippen molar-refractivity contribution in [3.63, 3.8) is 0 Å². The molecular formula is C22H26N2O5. The smallest absolute Gasteiger partial charge is 0.339 e. The second-order valence-electron chi connectivity index (χ2n) is 6.52. The van der Waals surface area contributed by atoms with Crippen LogP contribution in [0.3, 0.4) is 0 Å². The summed E-state index contributed by atoms with van der Waals surface area (Å²) < 4.78 is 10.1. The summed E-state index contributed by atoms with van der Waals surface area (Å²) >= 11 is 0. The number of hydrogen-bond donors (Lipinski definition) is 1. The maximum Gasteiger partial charge on any atom is 0.339 e. The Bertz CT molecular complexity index is 838. The van der Waals surface area contributed by atoms with Gasteiger partial charge in [-0.3, -0.25) is 9.59 Å². The third-order valence-electron chi connectivity index (χ3n) is 4.25. The van der Waals surface area contributed by atoms with E-state index in [1.54, 1.807) is 25.2 Å². The third-order valence-corrected chi connectivity index (χ3v) is 4.25. The average Bonchev–Trinajstić information content (AvgIpc) is 2.73. The monoisotopic (exact) mass is 398 g/mol. The molecule has 2 aromatic carbocycles. The van der Waals surface area contributed by atoms with Crippen LogP contribution >= 0.6 is 0 Å². The van der Waals surface area contributed by atoms with Gasteiger partial charge in [0.25, 0.3) is 11.8 Å². The molecule has 0 spiro atoms. The first-order chi connectivity index (χ1) is 13.9. The summed E-state index contributed by atoms with van der Waals surface area (Å²) in [6.07, 6.45) is -0.996. The van der Waals surface area contributed by atoms with E-state index >= 15 is 0 Å². The van der Waals surface area contributed by atoms with Crippen molar-refractivity contribution in [3.8, 4) is 0 Å². The molecule has 1 atom stereocenters. The molecule has 2 aromatic rings. The van der Waals surface area contributed by atoms with E-state index in [1.807, 2.05) is 30.3 Å². The van der Waals surface area contributed by atoms with E-state index < -0.39 is 18.0 Å². The maximum absolute atomic E-state index is 12.9. The van der Waals surface area contributed by atoms with E-state index in [-0.39, 0.29) is 17.0 Å². The molecule has 0 aliphatic carbocycles. The van der Waals surface area contributed by atoms with Crippen LogP contribution in [0.1, 0.15) is 33.2 Å². The molecule has 0 saturated carbocycles. The van der Waals surface area contributed by atoms with Crippen molar-refractivity contribution in [3.05, 3.63) is 71.3 Å². The van der Waals surface area contributed by atoms with Crippen molar-refractivity contribution in [2.75, 3.05) is 27.3 Å². The highest BCUT2D eigenvalue weighted by molar-refractivity contribution is 6.05. The van der Waals surface area contributed by atoms with Crippen LogP contribution in [0.4, 0.5) is 0 Å². The average molecular weight is 398 g/mol. The molecule has 0 bridgehead atoms. The number of nitrogens with zero attached hydrogens (tertiary/aromatic N) is 1. The molecule has 7 heteroatoms. The van der Waals surface area contributed by atoms with Gasteiger partial charge in [0.05, 0.1) is 17.7 Å². The zero-order valence-electron chi connectivity index (χ0n) is 16.9. The molecule has 0 fully saturated rings. The molecule has 0 radical (unpaired) electrons. The molecule has 0 aromatic heterocycles. The first kappa shape index (κ1) is 22.1. The van der Waals surface area contributed by atoms with Crippen molar-refractivity contribution in [1.29, 1.82) is 0 Å². The molecule has 154 valence electrons. The minimum absolute atomic E-state index is 0.119. The Balaban J connectivity index is 2.07. The highest BCUT2D eigenvalue weighted by atomic mass is 16.5. The molecule has 0 aliphatic rings. The van der Waals surface area contributed by atoms with Gasteiger partial charge in [-0.15, -0.1) is 0 Å². The SMILES string of the molecule is COCCNC(=O)[C@H](C)OC(=O)c1ccccc1C(=O)N(C)Cc1ccccc1. The largest absolute Gasteiger partial charge is 0.449 e. The second-order valence-corrected chi connectivity index (χ2v) is 6.52. The number of nitrogens with one attached hydrogen (secondary N) is 1. The molecule has 0 unspecified atom stereocenters. The fraction of sp³-hybridized carbons (Fsp3) is 0.318. The van der Waals surface area contributed by atoms with Gasteiger partial charge in [0.2, 0.25) is 0 Å². The first-order valence-electron chi connectivity index (χ1n) is 9.30. The molecule has 2 rings (SSSR count). The Labute approximate surface area is 170 Å². The highest BCUT2D eigenvalue weighted by Gasteiger charge is 2.24. The third kappa shape index (κ3) is 6.43. The number of methoxy groups -OCH3 is 1. The molecule has 7 nitrogen and oxygen atoms in total. The normalized spacial score (nSPS) is 11.4. The molecule has 0 heterocycles. The Morgan fingerprint density at radius 3 is 2.28 bits per heavy atom. The van der Waals surface area contributed by atoms with Crippen LogP contribution in [0.5, 0.6) is 0 Å². The summed E-state index contributed by atoms with van der Waals surface area (Å²) in [7, 11) is 3.20. The van der Waals surface area contributed by atoms with Crippen LogP contribution in [0.2, 0.25) is 0 Å². The van der Waals surface area contributed by atoms with Crippen LogP contribution in [-0.4, -0.2) is 56.1 Å². The fourth-order valence-electron chi connectivity index (χ4n) is 2.68. The standard InChI is InChI=1S/C22H26N2O5/c1-16(20(25)23-13-14-28-3)29-22(27)19-12-8-7-11-18(19)21(26)24(2)15-17-9-5-4-6-10-17/h4-12,16H,13-15H2,1-3H3,(H,23,25)/t16-/m0/s1. The zero-order chi connectivity index (χ0) is 21.2. The quantitative estimate of drug-likeness (QED) is 0.517. The Morgan fingerprint density at radius 2 is 1.62 bits per heavy atom. The summed E-state index contributed by atoms with van der Waals surface area (Å²) in [5.74, 6) is -1.46. The Morgan fingerprint density at radius 1 is 1.00 bits per heavy atom. The van der Waals surface area contributed by atoms with Crippen LogP contribution in [-0.2, 0) is 20.8 Å². The van der Waals surface area contributed by atoms with Crippen molar-refractivity contribution in [2.24, 2.45) is 0 Å². The number of ether oxygens (including phenoxy) is 2. The molecule has 0 aliphatic heterocycles. The minimum Gasteiger partial charge on any atom is -0.449 e. The van der Waals surface area contributed by atoms with Crippen molar-refractivity contribution < 1.29 is 23.9 Å². The van der Waals surface area contributed by atoms with Gasteiger partial charge in [0, 0.05) is 27.2 Å². The molecular weight excluding hydrogens is 372 g/mol. The van der Waals surface area contributed by atoms with Crippen LogP contribution in [0, 0.1) is 0 Å². The summed E-state index contributed by atoms with van der Waals surface area (Å²) in [4.78, 5) is 39.0. The summed E-state index contributed by atoms with van der Waals surface area (Å²) in [5.41, 5.74) is 1.32. The van der Waals surface area contributed by atoms with Crippen molar-refractivity contribution in [1.82, 2.24) is 10.2 Å². The van der Waals surface area contributed by atoms with Gasteiger partial charge >= 0.3 is 5.97 Å². The predicted molar refractivity (Wildman–Crippen MR) is 108 cm³/mol. The lowest BCUT2D eigenvalue weighted by molar-refractivity contribution is -0.129. The number of amides is 2. The van der Waals surface area contributed by atoms with Gasteiger partial charge in [-0.25, -0.2) is 4.79 Å². The minimum atomic E-state index is -0.996. The summed E-state index contributed by atoms with van der Waals surface area (Å²) in [5, 5.41) is 2.61.